The van der Waals surface area contributed by atoms with Gasteiger partial charge in [-0.25, -0.2) is 0 Å². The van der Waals surface area contributed by atoms with Crippen LogP contribution in [0.2, 0.25) is 0 Å². The van der Waals surface area contributed by atoms with Gasteiger partial charge in [0.15, 0.2) is 0 Å². The molecule has 1 aromatic rings. The van der Waals surface area contributed by atoms with Crippen molar-refractivity contribution in [2.24, 2.45) is 0 Å². The lowest BCUT2D eigenvalue weighted by Gasteiger charge is -2.27. The first-order valence-electron chi connectivity index (χ1n) is 7.14. The van der Waals surface area contributed by atoms with Gasteiger partial charge in [-0.15, -0.1) is 0 Å². The Balaban J connectivity index is 2.14. The summed E-state index contributed by atoms with van der Waals surface area (Å²) < 4.78 is 0. The number of anilines is 1. The smallest absolute Gasteiger partial charge is 0.244 e. The average Bonchev–Trinajstić information content (AvgIpc) is 3.20. The van der Waals surface area contributed by atoms with Gasteiger partial charge < -0.3 is 10.2 Å². The molecule has 1 unspecified atom stereocenters. The molecule has 1 atom stereocenters. The third kappa shape index (κ3) is 2.06. The number of fused-ring (bicyclic) bond motifs is 1. The highest BCUT2D eigenvalue weighted by Gasteiger charge is 2.43. The number of amides is 1. The Morgan fingerprint density at radius 2 is 1.95 bits per heavy atom. The van der Waals surface area contributed by atoms with Gasteiger partial charge in [-0.3, -0.25) is 4.79 Å². The van der Waals surface area contributed by atoms with Crippen LogP contribution in [-0.4, -0.2) is 25.0 Å². The van der Waals surface area contributed by atoms with E-state index >= 15 is 0 Å². The van der Waals surface area contributed by atoms with Crippen LogP contribution in [0.4, 0.5) is 5.69 Å². The van der Waals surface area contributed by atoms with Gasteiger partial charge in [-0.1, -0.05) is 32.0 Å². The van der Waals surface area contributed by atoms with Crippen molar-refractivity contribution in [2.75, 3.05) is 11.9 Å². The molecule has 0 spiro atoms. The summed E-state index contributed by atoms with van der Waals surface area (Å²) in [5, 5.41) is 3.21. The average molecular weight is 258 g/mol. The van der Waals surface area contributed by atoms with Crippen molar-refractivity contribution in [1.82, 2.24) is 5.32 Å². The molecule has 1 aliphatic carbocycles. The van der Waals surface area contributed by atoms with Crippen molar-refractivity contribution in [3.63, 3.8) is 0 Å². The summed E-state index contributed by atoms with van der Waals surface area (Å²) in [5.41, 5.74) is 2.44. The normalized spacial score (nSPS) is 25.9. The molecule has 0 bridgehead atoms. The third-order valence-electron chi connectivity index (χ3n) is 4.40. The fraction of sp³-hybridized carbons (Fsp3) is 0.562. The molecule has 2 aliphatic rings. The van der Waals surface area contributed by atoms with E-state index in [0.717, 1.165) is 24.9 Å². The topological polar surface area (TPSA) is 32.3 Å². The number of nitrogens with zero attached hydrogens (tertiary/aromatic N) is 1. The van der Waals surface area contributed by atoms with Crippen LogP contribution in [0.15, 0.2) is 24.3 Å². The predicted octanol–water partition coefficient (Wildman–Crippen LogP) is 2.45. The molecule has 1 heterocycles. The second kappa shape index (κ2) is 4.34. The number of nitrogens with one attached hydrogen (secondary N) is 1. The molecular formula is C16H22N2O. The largest absolute Gasteiger partial charge is 0.309 e. The molecule has 102 valence electrons. The summed E-state index contributed by atoms with van der Waals surface area (Å²) in [4.78, 5) is 14.8. The van der Waals surface area contributed by atoms with Gasteiger partial charge in [0.25, 0.3) is 0 Å². The van der Waals surface area contributed by atoms with Crippen molar-refractivity contribution in [1.29, 1.82) is 0 Å². The van der Waals surface area contributed by atoms with E-state index in [9.17, 15) is 4.79 Å². The molecule has 1 N–H and O–H groups in total. The van der Waals surface area contributed by atoms with E-state index in [1.54, 1.807) is 0 Å². The lowest BCUT2D eigenvalue weighted by molar-refractivity contribution is -0.120. The Bertz CT molecular complexity index is 505. The summed E-state index contributed by atoms with van der Waals surface area (Å²) in [7, 11) is 1.89. The van der Waals surface area contributed by atoms with Gasteiger partial charge in [0.2, 0.25) is 5.91 Å². The van der Waals surface area contributed by atoms with Crippen LogP contribution in [-0.2, 0) is 10.2 Å². The Morgan fingerprint density at radius 1 is 1.26 bits per heavy atom. The molecule has 0 radical (unpaired) electrons. The number of rotatable bonds is 2. The standard InChI is InChI=1S/C16H22N2O/c1-16(2)10-13(17-3)15(19)18(11-8-9-11)14-7-5-4-6-12(14)16/h4-7,11,13,17H,8-10H2,1-3H3. The summed E-state index contributed by atoms with van der Waals surface area (Å²) in [5.74, 6) is 0.239. The highest BCUT2D eigenvalue weighted by atomic mass is 16.2. The Morgan fingerprint density at radius 3 is 2.58 bits per heavy atom. The molecule has 3 heteroatoms. The van der Waals surface area contributed by atoms with Crippen LogP contribution in [0.3, 0.4) is 0 Å². The fourth-order valence-corrected chi connectivity index (χ4v) is 3.19. The summed E-state index contributed by atoms with van der Waals surface area (Å²) >= 11 is 0. The van der Waals surface area contributed by atoms with Crippen molar-refractivity contribution in [2.45, 2.75) is 50.6 Å². The van der Waals surface area contributed by atoms with Gasteiger partial charge >= 0.3 is 0 Å². The minimum atomic E-state index is -0.0806. The van der Waals surface area contributed by atoms with E-state index in [4.69, 9.17) is 0 Å². The molecule has 19 heavy (non-hydrogen) atoms. The molecule has 1 saturated carbocycles. The van der Waals surface area contributed by atoms with E-state index in [-0.39, 0.29) is 17.4 Å². The number of benzene rings is 1. The molecule has 1 aromatic carbocycles. The zero-order chi connectivity index (χ0) is 13.6. The quantitative estimate of drug-likeness (QED) is 0.883. The monoisotopic (exact) mass is 258 g/mol. The minimum absolute atomic E-state index is 0.0174. The number of carbonyl (C=O) groups excluding carboxylic acids is 1. The van der Waals surface area contributed by atoms with Gasteiger partial charge in [-0.2, -0.15) is 0 Å². The number of carbonyl (C=O) groups is 1. The Labute approximate surface area is 115 Å². The van der Waals surface area contributed by atoms with Crippen LogP contribution in [0, 0.1) is 0 Å². The van der Waals surface area contributed by atoms with Gasteiger partial charge in [0, 0.05) is 11.7 Å². The SMILES string of the molecule is CNC1CC(C)(C)c2ccccc2N(C2CC2)C1=O. The summed E-state index contributed by atoms with van der Waals surface area (Å²) in [6.07, 6.45) is 3.12. The Hall–Kier alpha value is -1.35. The van der Waals surface area contributed by atoms with Crippen LogP contribution in [0.25, 0.3) is 0 Å². The van der Waals surface area contributed by atoms with Crippen molar-refractivity contribution in [3.8, 4) is 0 Å². The second-order valence-corrected chi connectivity index (χ2v) is 6.39. The van der Waals surface area contributed by atoms with E-state index in [0.29, 0.717) is 6.04 Å². The highest BCUT2D eigenvalue weighted by Crippen LogP contribution is 2.43. The third-order valence-corrected chi connectivity index (χ3v) is 4.40. The number of hydrogen-bond acceptors (Lipinski definition) is 2. The molecule has 0 aromatic heterocycles. The lowest BCUT2D eigenvalue weighted by Crippen LogP contribution is -2.46. The first-order chi connectivity index (χ1) is 9.04. The molecule has 1 amide bonds. The number of likely N-dealkylation sites (N-methyl/N-ethyl adjacent to an activating group) is 1. The van der Waals surface area contributed by atoms with E-state index < -0.39 is 0 Å². The maximum absolute atomic E-state index is 12.8. The summed E-state index contributed by atoms with van der Waals surface area (Å²) in [6, 6.07) is 8.73. The van der Waals surface area contributed by atoms with Crippen LogP contribution in [0.1, 0.15) is 38.7 Å². The van der Waals surface area contributed by atoms with E-state index in [1.807, 2.05) is 18.0 Å². The fourth-order valence-electron chi connectivity index (χ4n) is 3.19. The minimum Gasteiger partial charge on any atom is -0.309 e. The number of para-hydroxylation sites is 1. The Kier molecular flexibility index (Phi) is 2.90. The second-order valence-electron chi connectivity index (χ2n) is 6.39. The maximum atomic E-state index is 12.8. The van der Waals surface area contributed by atoms with Crippen LogP contribution < -0.4 is 10.2 Å². The molecule has 3 rings (SSSR count). The lowest BCUT2D eigenvalue weighted by atomic mass is 9.79. The molecule has 3 nitrogen and oxygen atoms in total. The van der Waals surface area contributed by atoms with Crippen LogP contribution in [0.5, 0.6) is 0 Å². The molecule has 0 saturated heterocycles. The van der Waals surface area contributed by atoms with E-state index in [1.165, 1.54) is 5.56 Å². The summed E-state index contributed by atoms with van der Waals surface area (Å²) in [6.45, 7) is 4.47. The van der Waals surface area contributed by atoms with Crippen molar-refractivity contribution < 1.29 is 4.79 Å². The maximum Gasteiger partial charge on any atom is 0.244 e. The van der Waals surface area contributed by atoms with Gasteiger partial charge in [0.05, 0.1) is 6.04 Å². The van der Waals surface area contributed by atoms with Gasteiger partial charge in [-0.05, 0) is 43.4 Å². The zero-order valence-electron chi connectivity index (χ0n) is 11.9. The van der Waals surface area contributed by atoms with Crippen LogP contribution >= 0.6 is 0 Å². The predicted molar refractivity (Wildman–Crippen MR) is 77.4 cm³/mol. The zero-order valence-corrected chi connectivity index (χ0v) is 11.9. The van der Waals surface area contributed by atoms with Crippen molar-refractivity contribution in [3.05, 3.63) is 29.8 Å². The van der Waals surface area contributed by atoms with E-state index in [2.05, 4.69) is 37.4 Å². The number of hydrogen-bond donors (Lipinski definition) is 1. The molecular weight excluding hydrogens is 236 g/mol. The molecule has 1 fully saturated rings. The van der Waals surface area contributed by atoms with Gasteiger partial charge in [0.1, 0.15) is 0 Å². The highest BCUT2D eigenvalue weighted by molar-refractivity contribution is 6.00. The first kappa shape index (κ1) is 12.7. The molecule has 1 aliphatic heterocycles. The van der Waals surface area contributed by atoms with Crippen molar-refractivity contribution >= 4 is 11.6 Å². The first-order valence-corrected chi connectivity index (χ1v) is 7.14.